The van der Waals surface area contributed by atoms with E-state index in [1.807, 2.05) is 54.6 Å². The summed E-state index contributed by atoms with van der Waals surface area (Å²) in [6, 6.07) is 20.8. The van der Waals surface area contributed by atoms with Gasteiger partial charge in [-0.1, -0.05) is 30.3 Å². The molecule has 5 rings (SSSR count). The van der Waals surface area contributed by atoms with Gasteiger partial charge in [-0.25, -0.2) is 0 Å². The number of amides is 1. The van der Waals surface area contributed by atoms with Gasteiger partial charge in [0, 0.05) is 35.1 Å². The van der Waals surface area contributed by atoms with Crippen molar-refractivity contribution in [3.05, 3.63) is 89.7 Å². The number of anilines is 1. The molecule has 8 nitrogen and oxygen atoms in total. The fraction of sp³-hybridized carbons (Fsp3) is 0.188. The highest BCUT2D eigenvalue weighted by Gasteiger charge is 2.20. The van der Waals surface area contributed by atoms with Gasteiger partial charge in [-0.3, -0.25) is 9.78 Å². The fourth-order valence-electron chi connectivity index (χ4n) is 4.90. The molecule has 0 saturated heterocycles. The zero-order chi connectivity index (χ0) is 28.2. The van der Waals surface area contributed by atoms with Crippen LogP contribution in [0.1, 0.15) is 21.6 Å². The zero-order valence-electron chi connectivity index (χ0n) is 23.0. The summed E-state index contributed by atoms with van der Waals surface area (Å²) in [5.74, 6) is 2.47. The van der Waals surface area contributed by atoms with E-state index >= 15 is 0 Å². The second-order valence-corrected chi connectivity index (χ2v) is 9.05. The number of hydrogen-bond acceptors (Lipinski definition) is 7. The van der Waals surface area contributed by atoms with Crippen LogP contribution in [0.25, 0.3) is 21.5 Å². The van der Waals surface area contributed by atoms with Gasteiger partial charge >= 0.3 is 0 Å². The number of carbonyl (C=O) groups is 1. The number of rotatable bonds is 9. The van der Waals surface area contributed by atoms with Crippen molar-refractivity contribution in [3.63, 3.8) is 0 Å². The molecule has 1 N–H and O–H groups in total. The average Bonchev–Trinajstić information content (AvgIpc) is 3.00. The maximum absolute atomic E-state index is 13.7. The number of nitrogens with one attached hydrogen (secondary N) is 1. The predicted octanol–water partition coefficient (Wildman–Crippen LogP) is 6.27. The first-order valence-corrected chi connectivity index (χ1v) is 12.6. The Labute approximate surface area is 232 Å². The second-order valence-electron chi connectivity index (χ2n) is 9.05. The molecule has 0 unspecified atom stereocenters. The molecule has 0 aliphatic rings. The van der Waals surface area contributed by atoms with Gasteiger partial charge in [0.1, 0.15) is 5.75 Å². The Kier molecular flexibility index (Phi) is 7.59. The normalized spacial score (nSPS) is 10.8. The number of fused-ring (bicyclic) bond motifs is 2. The Morgan fingerprint density at radius 3 is 2.10 bits per heavy atom. The Hall–Kier alpha value is -4.98. The number of pyridine rings is 1. The van der Waals surface area contributed by atoms with Gasteiger partial charge in [-0.05, 0) is 46.7 Å². The van der Waals surface area contributed by atoms with Crippen molar-refractivity contribution in [2.45, 2.75) is 6.42 Å². The minimum atomic E-state index is -0.312. The number of nitrogens with zero attached hydrogens (tertiary/aromatic N) is 1. The maximum Gasteiger partial charge on any atom is 0.259 e. The Bertz CT molecular complexity index is 1720. The molecule has 1 amide bonds. The minimum Gasteiger partial charge on any atom is -0.495 e. The standard InChI is InChI=1S/C32H30N2O6/c1-36-27-15-20-12-13-33-26(24(20)17-29(27)38-3)14-21-16-28(37-2)30(39-4)18-25(21)34-32(35)23-11-10-19-8-6-7-9-22(19)31(23)40-5/h6-13,15-18H,14H2,1-5H3,(H,34,35). The molecule has 0 fully saturated rings. The molecule has 0 radical (unpaired) electrons. The van der Waals surface area contributed by atoms with Crippen LogP contribution in [0.15, 0.2) is 72.9 Å². The summed E-state index contributed by atoms with van der Waals surface area (Å²) in [6.07, 6.45) is 2.15. The van der Waals surface area contributed by atoms with Crippen LogP contribution in [-0.4, -0.2) is 46.4 Å². The number of benzene rings is 4. The van der Waals surface area contributed by atoms with Gasteiger partial charge < -0.3 is 29.0 Å². The smallest absolute Gasteiger partial charge is 0.259 e. The van der Waals surface area contributed by atoms with Gasteiger partial charge in [0.05, 0.1) is 46.8 Å². The molecular weight excluding hydrogens is 508 g/mol. The van der Waals surface area contributed by atoms with Crippen molar-refractivity contribution >= 4 is 33.1 Å². The summed E-state index contributed by atoms with van der Waals surface area (Å²) in [5, 5.41) is 6.77. The van der Waals surface area contributed by atoms with E-state index in [2.05, 4.69) is 10.3 Å². The third kappa shape index (κ3) is 4.91. The SMILES string of the molecule is COc1cc(Cc2nccc3cc(OC)c(OC)cc23)c(NC(=O)c2ccc3ccccc3c2OC)cc1OC. The van der Waals surface area contributed by atoms with E-state index in [0.29, 0.717) is 46.4 Å². The third-order valence-corrected chi connectivity index (χ3v) is 6.89. The van der Waals surface area contributed by atoms with Crippen LogP contribution in [-0.2, 0) is 6.42 Å². The summed E-state index contributed by atoms with van der Waals surface area (Å²) >= 11 is 0. The summed E-state index contributed by atoms with van der Waals surface area (Å²) in [6.45, 7) is 0. The largest absolute Gasteiger partial charge is 0.495 e. The number of carbonyl (C=O) groups excluding carboxylic acids is 1. The number of methoxy groups -OCH3 is 5. The first kappa shape index (κ1) is 26.6. The van der Waals surface area contributed by atoms with Crippen LogP contribution >= 0.6 is 0 Å². The maximum atomic E-state index is 13.7. The minimum absolute atomic E-state index is 0.312. The molecule has 0 aliphatic heterocycles. The van der Waals surface area contributed by atoms with Gasteiger partial charge in [0.25, 0.3) is 5.91 Å². The van der Waals surface area contributed by atoms with E-state index in [0.717, 1.165) is 32.8 Å². The lowest BCUT2D eigenvalue weighted by molar-refractivity contribution is 0.102. The Morgan fingerprint density at radius 1 is 0.700 bits per heavy atom. The van der Waals surface area contributed by atoms with Crippen molar-refractivity contribution in [1.82, 2.24) is 4.98 Å². The van der Waals surface area contributed by atoms with Crippen molar-refractivity contribution in [2.75, 3.05) is 40.9 Å². The van der Waals surface area contributed by atoms with E-state index in [4.69, 9.17) is 23.7 Å². The monoisotopic (exact) mass is 538 g/mol. The lowest BCUT2D eigenvalue weighted by Gasteiger charge is -2.18. The fourth-order valence-corrected chi connectivity index (χ4v) is 4.90. The van der Waals surface area contributed by atoms with Crippen molar-refractivity contribution < 1.29 is 28.5 Å². The summed E-state index contributed by atoms with van der Waals surface area (Å²) in [4.78, 5) is 18.3. The highest BCUT2D eigenvalue weighted by atomic mass is 16.5. The summed E-state index contributed by atoms with van der Waals surface area (Å²) < 4.78 is 27.8. The Balaban J connectivity index is 1.59. The molecule has 5 aromatic rings. The molecule has 0 spiro atoms. The lowest BCUT2D eigenvalue weighted by atomic mass is 10.0. The average molecular weight is 539 g/mol. The zero-order valence-corrected chi connectivity index (χ0v) is 23.0. The van der Waals surface area contributed by atoms with Crippen molar-refractivity contribution in [2.24, 2.45) is 0 Å². The first-order chi connectivity index (χ1) is 19.5. The first-order valence-electron chi connectivity index (χ1n) is 12.6. The molecule has 4 aromatic carbocycles. The van der Waals surface area contributed by atoms with Crippen LogP contribution in [0.3, 0.4) is 0 Å². The molecule has 0 atom stereocenters. The lowest BCUT2D eigenvalue weighted by Crippen LogP contribution is -2.15. The molecule has 0 aliphatic carbocycles. The van der Waals surface area contributed by atoms with Crippen molar-refractivity contribution in [1.29, 1.82) is 0 Å². The molecular formula is C32H30N2O6. The van der Waals surface area contributed by atoms with E-state index in [9.17, 15) is 4.79 Å². The molecule has 204 valence electrons. The Morgan fingerprint density at radius 2 is 1.38 bits per heavy atom. The highest BCUT2D eigenvalue weighted by molar-refractivity contribution is 6.10. The quantitative estimate of drug-likeness (QED) is 0.236. The molecule has 0 bridgehead atoms. The highest BCUT2D eigenvalue weighted by Crippen LogP contribution is 2.38. The molecule has 8 heteroatoms. The molecule has 1 aromatic heterocycles. The van der Waals surface area contributed by atoms with Crippen molar-refractivity contribution in [3.8, 4) is 28.7 Å². The van der Waals surface area contributed by atoms with Gasteiger partial charge in [0.15, 0.2) is 23.0 Å². The third-order valence-electron chi connectivity index (χ3n) is 6.89. The molecule has 40 heavy (non-hydrogen) atoms. The van der Waals surface area contributed by atoms with E-state index < -0.39 is 0 Å². The predicted molar refractivity (Wildman–Crippen MR) is 156 cm³/mol. The van der Waals surface area contributed by atoms with Gasteiger partial charge in [-0.15, -0.1) is 0 Å². The van der Waals surface area contributed by atoms with Gasteiger partial charge in [-0.2, -0.15) is 0 Å². The van der Waals surface area contributed by atoms with Crippen LogP contribution in [0.2, 0.25) is 0 Å². The number of aromatic nitrogens is 1. The summed E-state index contributed by atoms with van der Waals surface area (Å²) in [7, 11) is 7.90. The van der Waals surface area contributed by atoms with Gasteiger partial charge in [0.2, 0.25) is 0 Å². The van der Waals surface area contributed by atoms with Crippen LogP contribution in [0.5, 0.6) is 28.7 Å². The van der Waals surface area contributed by atoms with Crippen LogP contribution < -0.4 is 29.0 Å². The van der Waals surface area contributed by atoms with E-state index in [-0.39, 0.29) is 5.91 Å². The molecule has 0 saturated carbocycles. The van der Waals surface area contributed by atoms with Crippen LogP contribution in [0.4, 0.5) is 5.69 Å². The van der Waals surface area contributed by atoms with E-state index in [1.54, 1.807) is 53.9 Å². The van der Waals surface area contributed by atoms with Crippen LogP contribution in [0, 0.1) is 0 Å². The topological polar surface area (TPSA) is 88.1 Å². The number of hydrogen-bond donors (Lipinski definition) is 1. The van der Waals surface area contributed by atoms with E-state index in [1.165, 1.54) is 0 Å². The second kappa shape index (κ2) is 11.4. The molecule has 1 heterocycles. The number of ether oxygens (including phenoxy) is 5. The summed E-state index contributed by atoms with van der Waals surface area (Å²) in [5.41, 5.74) is 2.57.